The summed E-state index contributed by atoms with van der Waals surface area (Å²) in [5, 5.41) is 12.8. The minimum absolute atomic E-state index is 0.329. The van der Waals surface area contributed by atoms with Crippen LogP contribution in [0.15, 0.2) is 46.9 Å². The van der Waals surface area contributed by atoms with Crippen LogP contribution in [-0.4, -0.2) is 11.1 Å². The Kier molecular flexibility index (Phi) is 5.83. The Morgan fingerprint density at radius 1 is 1.10 bits per heavy atom. The lowest BCUT2D eigenvalue weighted by Gasteiger charge is -2.14. The second-order valence-electron chi connectivity index (χ2n) is 5.57. The molecule has 0 heterocycles. The summed E-state index contributed by atoms with van der Waals surface area (Å²) >= 11 is 3.53. The first-order valence-corrected chi connectivity index (χ1v) is 8.10. The zero-order valence-electron chi connectivity index (χ0n) is 12.6. The predicted octanol–water partition coefficient (Wildman–Crippen LogP) is 4.57. The lowest BCUT2D eigenvalue weighted by molar-refractivity contribution is 0.474. The van der Waals surface area contributed by atoms with Gasteiger partial charge in [-0.15, -0.1) is 0 Å². The molecule has 2 rings (SSSR count). The number of rotatable bonds is 6. The number of phenolic OH excluding ortho intramolecular Hbond substituents is 1. The second kappa shape index (κ2) is 7.62. The molecule has 0 saturated carbocycles. The molecule has 0 spiro atoms. The predicted molar refractivity (Wildman–Crippen MR) is 91.6 cm³/mol. The Labute approximate surface area is 135 Å². The number of halogens is 1. The number of aromatic hydroxyl groups is 1. The van der Waals surface area contributed by atoms with E-state index in [1.807, 2.05) is 12.1 Å². The number of benzene rings is 2. The smallest absolute Gasteiger partial charge is 0.115 e. The van der Waals surface area contributed by atoms with Gasteiger partial charge in [0.1, 0.15) is 5.75 Å². The highest BCUT2D eigenvalue weighted by atomic mass is 79.9. The molecule has 0 fully saturated rings. The Hall–Kier alpha value is -1.32. The molecular formula is C18H22BrNO. The van der Waals surface area contributed by atoms with Crippen molar-refractivity contribution in [1.29, 1.82) is 0 Å². The van der Waals surface area contributed by atoms with Gasteiger partial charge in [0.15, 0.2) is 0 Å². The van der Waals surface area contributed by atoms with E-state index in [4.69, 9.17) is 0 Å². The van der Waals surface area contributed by atoms with Crippen molar-refractivity contribution in [2.24, 2.45) is 0 Å². The lowest BCUT2D eigenvalue weighted by Crippen LogP contribution is -2.26. The van der Waals surface area contributed by atoms with Crippen LogP contribution in [-0.2, 0) is 13.0 Å². The van der Waals surface area contributed by atoms with Crippen LogP contribution in [0.1, 0.15) is 30.0 Å². The van der Waals surface area contributed by atoms with Crippen molar-refractivity contribution >= 4 is 15.9 Å². The molecule has 0 radical (unpaired) electrons. The molecule has 21 heavy (non-hydrogen) atoms. The second-order valence-corrected chi connectivity index (χ2v) is 6.42. The summed E-state index contributed by atoms with van der Waals surface area (Å²) in [6.45, 7) is 5.22. The number of phenols is 1. The molecule has 0 amide bonds. The van der Waals surface area contributed by atoms with E-state index >= 15 is 0 Å². The minimum Gasteiger partial charge on any atom is -0.508 e. The minimum atomic E-state index is 0.329. The number of nitrogens with one attached hydrogen (secondary N) is 1. The average Bonchev–Trinajstić information content (AvgIpc) is 2.48. The summed E-state index contributed by atoms with van der Waals surface area (Å²) in [6.07, 6.45) is 2.11. The van der Waals surface area contributed by atoms with E-state index in [1.165, 1.54) is 16.7 Å². The van der Waals surface area contributed by atoms with Crippen molar-refractivity contribution in [2.75, 3.05) is 0 Å². The van der Waals surface area contributed by atoms with Crippen LogP contribution < -0.4 is 5.32 Å². The quantitative estimate of drug-likeness (QED) is 0.801. The molecule has 1 unspecified atom stereocenters. The van der Waals surface area contributed by atoms with Gasteiger partial charge in [-0.2, -0.15) is 0 Å². The van der Waals surface area contributed by atoms with Crippen molar-refractivity contribution in [1.82, 2.24) is 5.32 Å². The zero-order chi connectivity index (χ0) is 15.2. The standard InChI is InChI=1S/C18H22BrNO/c1-13-11-16(7-10-18(13)19)12-20-14(2)3-4-15-5-8-17(21)9-6-15/h5-11,14,20-21H,3-4,12H2,1-2H3. The molecule has 0 saturated heterocycles. The van der Waals surface area contributed by atoms with E-state index < -0.39 is 0 Å². The third-order valence-electron chi connectivity index (χ3n) is 3.68. The molecule has 0 aliphatic carbocycles. The zero-order valence-corrected chi connectivity index (χ0v) is 14.2. The number of hydrogen-bond donors (Lipinski definition) is 2. The van der Waals surface area contributed by atoms with Gasteiger partial charge in [-0.05, 0) is 61.6 Å². The monoisotopic (exact) mass is 347 g/mol. The normalized spacial score (nSPS) is 12.3. The van der Waals surface area contributed by atoms with Gasteiger partial charge in [-0.3, -0.25) is 0 Å². The Morgan fingerprint density at radius 3 is 2.43 bits per heavy atom. The largest absolute Gasteiger partial charge is 0.508 e. The lowest BCUT2D eigenvalue weighted by atomic mass is 10.1. The topological polar surface area (TPSA) is 32.3 Å². The first kappa shape index (κ1) is 16.1. The van der Waals surface area contributed by atoms with Crippen LogP contribution in [0.3, 0.4) is 0 Å². The van der Waals surface area contributed by atoms with Crippen LogP contribution >= 0.6 is 15.9 Å². The molecule has 0 bridgehead atoms. The van der Waals surface area contributed by atoms with Crippen LogP contribution in [0.4, 0.5) is 0 Å². The van der Waals surface area contributed by atoms with E-state index in [1.54, 1.807) is 12.1 Å². The maximum Gasteiger partial charge on any atom is 0.115 e. The van der Waals surface area contributed by atoms with E-state index in [9.17, 15) is 5.11 Å². The fourth-order valence-electron chi connectivity index (χ4n) is 2.26. The van der Waals surface area contributed by atoms with Gasteiger partial charge in [0.05, 0.1) is 0 Å². The Balaban J connectivity index is 1.77. The van der Waals surface area contributed by atoms with Crippen molar-refractivity contribution in [3.8, 4) is 5.75 Å². The molecule has 1 atom stereocenters. The van der Waals surface area contributed by atoms with Gasteiger partial charge in [-0.1, -0.05) is 40.2 Å². The summed E-state index contributed by atoms with van der Waals surface area (Å²) in [4.78, 5) is 0. The van der Waals surface area contributed by atoms with Gasteiger partial charge >= 0.3 is 0 Å². The first-order chi connectivity index (χ1) is 10.0. The highest BCUT2D eigenvalue weighted by Gasteiger charge is 2.04. The first-order valence-electron chi connectivity index (χ1n) is 7.31. The van der Waals surface area contributed by atoms with Crippen LogP contribution in [0.5, 0.6) is 5.75 Å². The van der Waals surface area contributed by atoms with Crippen molar-refractivity contribution < 1.29 is 5.11 Å². The molecule has 2 N–H and O–H groups in total. The molecule has 2 nitrogen and oxygen atoms in total. The summed E-state index contributed by atoms with van der Waals surface area (Å²) < 4.78 is 1.16. The molecule has 112 valence electrons. The average molecular weight is 348 g/mol. The Bertz CT molecular complexity index is 580. The molecule has 0 aromatic heterocycles. The summed E-state index contributed by atoms with van der Waals surface area (Å²) in [6, 6.07) is 14.4. The van der Waals surface area contributed by atoms with Gasteiger partial charge in [0.25, 0.3) is 0 Å². The molecule has 2 aromatic rings. The van der Waals surface area contributed by atoms with E-state index in [0.717, 1.165) is 23.9 Å². The van der Waals surface area contributed by atoms with Gasteiger partial charge in [0, 0.05) is 17.1 Å². The third-order valence-corrected chi connectivity index (χ3v) is 4.57. The molecule has 2 aromatic carbocycles. The molecule has 0 aliphatic rings. The number of aryl methyl sites for hydroxylation is 2. The van der Waals surface area contributed by atoms with Gasteiger partial charge < -0.3 is 10.4 Å². The fraction of sp³-hybridized carbons (Fsp3) is 0.333. The van der Waals surface area contributed by atoms with Crippen LogP contribution in [0.25, 0.3) is 0 Å². The van der Waals surface area contributed by atoms with Gasteiger partial charge in [-0.25, -0.2) is 0 Å². The summed E-state index contributed by atoms with van der Waals surface area (Å²) in [5.74, 6) is 0.329. The SMILES string of the molecule is Cc1cc(CNC(C)CCc2ccc(O)cc2)ccc1Br. The van der Waals surface area contributed by atoms with E-state index in [-0.39, 0.29) is 0 Å². The maximum absolute atomic E-state index is 9.27. The summed E-state index contributed by atoms with van der Waals surface area (Å²) in [7, 11) is 0. The van der Waals surface area contributed by atoms with Crippen molar-refractivity contribution in [3.63, 3.8) is 0 Å². The third kappa shape index (κ3) is 5.18. The fourth-order valence-corrected chi connectivity index (χ4v) is 2.50. The summed E-state index contributed by atoms with van der Waals surface area (Å²) in [5.41, 5.74) is 3.85. The van der Waals surface area contributed by atoms with Gasteiger partial charge in [0.2, 0.25) is 0 Å². The van der Waals surface area contributed by atoms with E-state index in [2.05, 4.69) is 53.3 Å². The Morgan fingerprint density at radius 2 is 1.76 bits per heavy atom. The highest BCUT2D eigenvalue weighted by Crippen LogP contribution is 2.17. The van der Waals surface area contributed by atoms with Crippen molar-refractivity contribution in [3.05, 3.63) is 63.6 Å². The van der Waals surface area contributed by atoms with Crippen molar-refractivity contribution in [2.45, 2.75) is 39.3 Å². The van der Waals surface area contributed by atoms with Crippen LogP contribution in [0, 0.1) is 6.92 Å². The highest BCUT2D eigenvalue weighted by molar-refractivity contribution is 9.10. The van der Waals surface area contributed by atoms with E-state index in [0.29, 0.717) is 11.8 Å². The van der Waals surface area contributed by atoms with Crippen LogP contribution in [0.2, 0.25) is 0 Å². The number of hydrogen-bond acceptors (Lipinski definition) is 2. The molecular weight excluding hydrogens is 326 g/mol. The molecule has 0 aliphatic heterocycles. The molecule has 3 heteroatoms. The maximum atomic E-state index is 9.27.